The predicted molar refractivity (Wildman–Crippen MR) is 124 cm³/mol. The summed E-state index contributed by atoms with van der Waals surface area (Å²) in [4.78, 5) is 24.0. The summed E-state index contributed by atoms with van der Waals surface area (Å²) in [6.07, 6.45) is 6.77. The van der Waals surface area contributed by atoms with Crippen molar-refractivity contribution in [3.8, 4) is 0 Å². The quantitative estimate of drug-likeness (QED) is 0.270. The third kappa shape index (κ3) is 8.76. The second-order valence-corrected chi connectivity index (χ2v) is 8.71. The van der Waals surface area contributed by atoms with Gasteiger partial charge in [0.15, 0.2) is 5.78 Å². The molecule has 0 aliphatic heterocycles. The topological polar surface area (TPSA) is 74.2 Å². The molecule has 1 N–H and O–H groups in total. The number of nitrogens with zero attached hydrogens (tertiary/aromatic N) is 1. The van der Waals surface area contributed by atoms with Crippen LogP contribution in [0.2, 0.25) is 0 Å². The number of hydrogen-bond donors (Lipinski definition) is 1. The average molecular weight is 449 g/mol. The van der Waals surface area contributed by atoms with E-state index in [-0.39, 0.29) is 41.8 Å². The summed E-state index contributed by atoms with van der Waals surface area (Å²) >= 11 is 0. The van der Waals surface area contributed by atoms with E-state index in [0.717, 1.165) is 42.4 Å². The summed E-state index contributed by atoms with van der Waals surface area (Å²) in [5, 5.41) is 14.1. The van der Waals surface area contributed by atoms with Crippen molar-refractivity contribution < 1.29 is 44.3 Å². The van der Waals surface area contributed by atoms with Crippen molar-refractivity contribution in [2.75, 3.05) is 11.9 Å². The Kier molecular flexibility index (Phi) is 13.0. The molecule has 0 atom stereocenters. The Morgan fingerprint density at radius 2 is 1.84 bits per heavy atom. The van der Waals surface area contributed by atoms with Gasteiger partial charge in [-0.05, 0) is 56.2 Å². The van der Waals surface area contributed by atoms with Gasteiger partial charge in [0.2, 0.25) is 0 Å². The van der Waals surface area contributed by atoms with E-state index < -0.39 is 5.97 Å². The number of hydrogen-bond acceptors (Lipinski definition) is 4. The van der Waals surface area contributed by atoms with E-state index in [1.807, 2.05) is 48.9 Å². The molecule has 0 saturated carbocycles. The molecule has 32 heavy (non-hydrogen) atoms. The standard InChI is InChI=1S/C26H38N2O3.Na/c1-5-24-23(18-22(28(24)4)14-10-15-25(29)30)26(31)20-12-9-13-21(17-20)27-16-8-6-7-11-19(2)3;/h9,12-13,17-19,27H,5-8,10-11,14-16H2,1-4H3,(H,29,30);/q;+1/p-1. The zero-order valence-corrected chi connectivity index (χ0v) is 22.5. The van der Waals surface area contributed by atoms with E-state index in [1.165, 1.54) is 19.3 Å². The number of ketones is 1. The normalized spacial score (nSPS) is 10.8. The number of nitrogens with one attached hydrogen (secondary N) is 1. The number of carboxylic acid groups (broad SMARTS) is 1. The van der Waals surface area contributed by atoms with Crippen LogP contribution >= 0.6 is 0 Å². The summed E-state index contributed by atoms with van der Waals surface area (Å²) in [5.41, 5.74) is 4.32. The smallest absolute Gasteiger partial charge is 0.550 e. The average Bonchev–Trinajstić information content (AvgIpc) is 3.05. The van der Waals surface area contributed by atoms with Crippen molar-refractivity contribution in [1.82, 2.24) is 4.57 Å². The van der Waals surface area contributed by atoms with Gasteiger partial charge in [-0.2, -0.15) is 0 Å². The van der Waals surface area contributed by atoms with Crippen LogP contribution in [0.1, 0.15) is 86.6 Å². The number of benzene rings is 1. The summed E-state index contributed by atoms with van der Waals surface area (Å²) in [6.45, 7) is 7.46. The van der Waals surface area contributed by atoms with Gasteiger partial charge in [0.05, 0.1) is 0 Å². The zero-order valence-electron chi connectivity index (χ0n) is 20.5. The van der Waals surface area contributed by atoms with Crippen LogP contribution in [0.15, 0.2) is 30.3 Å². The summed E-state index contributed by atoms with van der Waals surface area (Å²) in [5.74, 6) is -0.263. The van der Waals surface area contributed by atoms with E-state index in [1.54, 1.807) is 0 Å². The molecule has 0 amide bonds. The van der Waals surface area contributed by atoms with Crippen LogP contribution in [0.25, 0.3) is 0 Å². The van der Waals surface area contributed by atoms with Gasteiger partial charge < -0.3 is 19.8 Å². The number of carbonyl (C=O) groups is 2. The molecule has 0 fully saturated rings. The van der Waals surface area contributed by atoms with E-state index in [0.29, 0.717) is 24.0 Å². The fraction of sp³-hybridized carbons (Fsp3) is 0.538. The van der Waals surface area contributed by atoms with Gasteiger partial charge in [-0.15, -0.1) is 0 Å². The molecule has 1 aromatic heterocycles. The molecule has 0 aliphatic rings. The fourth-order valence-corrected chi connectivity index (χ4v) is 3.99. The Morgan fingerprint density at radius 1 is 1.09 bits per heavy atom. The van der Waals surface area contributed by atoms with Gasteiger partial charge in [-0.1, -0.05) is 52.2 Å². The predicted octanol–water partition coefficient (Wildman–Crippen LogP) is 1.52. The van der Waals surface area contributed by atoms with Gasteiger partial charge in [-0.3, -0.25) is 4.79 Å². The molecular weight excluding hydrogens is 411 g/mol. The molecule has 0 bridgehead atoms. The van der Waals surface area contributed by atoms with Crippen molar-refractivity contribution >= 4 is 17.4 Å². The minimum absolute atomic E-state index is 0. The Morgan fingerprint density at radius 3 is 2.50 bits per heavy atom. The van der Waals surface area contributed by atoms with Gasteiger partial charge in [0, 0.05) is 47.8 Å². The number of aliphatic carboxylic acids is 1. The van der Waals surface area contributed by atoms with E-state index in [2.05, 4.69) is 19.2 Å². The molecule has 2 aromatic rings. The third-order valence-corrected chi connectivity index (χ3v) is 5.76. The number of carbonyl (C=O) groups excluding carboxylic acids is 2. The first kappa shape index (κ1) is 28.5. The Bertz CT molecular complexity index is 874. The molecule has 0 unspecified atom stereocenters. The molecule has 0 spiro atoms. The maximum absolute atomic E-state index is 13.3. The fourth-order valence-electron chi connectivity index (χ4n) is 3.99. The molecule has 5 nitrogen and oxygen atoms in total. The summed E-state index contributed by atoms with van der Waals surface area (Å²) in [7, 11) is 1.95. The summed E-state index contributed by atoms with van der Waals surface area (Å²) in [6, 6.07) is 9.63. The molecule has 0 radical (unpaired) electrons. The number of carboxylic acids is 1. The Balaban J connectivity index is 0.00000512. The molecular formula is C26H37N2NaO3. The molecule has 6 heteroatoms. The van der Waals surface area contributed by atoms with Crippen LogP contribution in [0, 0.1) is 5.92 Å². The number of rotatable bonds is 14. The second-order valence-electron chi connectivity index (χ2n) is 8.71. The molecule has 170 valence electrons. The van der Waals surface area contributed by atoms with Crippen molar-refractivity contribution in [2.24, 2.45) is 13.0 Å². The number of unbranched alkanes of at least 4 members (excludes halogenated alkanes) is 2. The largest absolute Gasteiger partial charge is 1.00 e. The molecule has 1 heterocycles. The van der Waals surface area contributed by atoms with E-state index in [9.17, 15) is 14.7 Å². The number of aryl methyl sites for hydroxylation is 1. The van der Waals surface area contributed by atoms with Gasteiger partial charge in [0.1, 0.15) is 0 Å². The van der Waals surface area contributed by atoms with E-state index in [4.69, 9.17) is 0 Å². The minimum Gasteiger partial charge on any atom is -0.550 e. The molecule has 0 aliphatic carbocycles. The van der Waals surface area contributed by atoms with Crippen LogP contribution < -0.4 is 40.0 Å². The van der Waals surface area contributed by atoms with Crippen molar-refractivity contribution in [3.05, 3.63) is 52.8 Å². The zero-order chi connectivity index (χ0) is 22.8. The van der Waals surface area contributed by atoms with Gasteiger partial charge in [0.25, 0.3) is 0 Å². The van der Waals surface area contributed by atoms with Crippen molar-refractivity contribution in [3.63, 3.8) is 0 Å². The molecule has 1 aromatic carbocycles. The van der Waals surface area contributed by atoms with Crippen molar-refractivity contribution in [1.29, 1.82) is 0 Å². The van der Waals surface area contributed by atoms with Crippen LogP contribution in [0.5, 0.6) is 0 Å². The molecule has 0 saturated heterocycles. The number of anilines is 1. The molecule has 2 rings (SSSR count). The third-order valence-electron chi connectivity index (χ3n) is 5.76. The Hall–Kier alpha value is -1.56. The van der Waals surface area contributed by atoms with E-state index >= 15 is 0 Å². The SMILES string of the molecule is CCc1c(C(=O)c2cccc(NCCCCCC(C)C)c2)cc(CCCC(=O)[O-])n1C.[Na+]. The Labute approximate surface area is 215 Å². The van der Waals surface area contributed by atoms with Crippen molar-refractivity contribution in [2.45, 2.75) is 72.1 Å². The monoisotopic (exact) mass is 448 g/mol. The maximum Gasteiger partial charge on any atom is 1.00 e. The van der Waals surface area contributed by atoms with Crippen LogP contribution in [0.4, 0.5) is 5.69 Å². The summed E-state index contributed by atoms with van der Waals surface area (Å²) < 4.78 is 2.03. The first-order valence-electron chi connectivity index (χ1n) is 11.6. The first-order valence-corrected chi connectivity index (χ1v) is 11.6. The van der Waals surface area contributed by atoms with Gasteiger partial charge >= 0.3 is 29.6 Å². The first-order chi connectivity index (χ1) is 14.8. The van der Waals surface area contributed by atoms with Gasteiger partial charge in [-0.25, -0.2) is 0 Å². The maximum atomic E-state index is 13.3. The minimum atomic E-state index is -1.04. The van der Waals surface area contributed by atoms with Crippen LogP contribution in [0.3, 0.4) is 0 Å². The second kappa shape index (κ2) is 14.6. The number of aromatic nitrogens is 1. The van der Waals surface area contributed by atoms with Crippen LogP contribution in [-0.2, 0) is 24.7 Å². The van der Waals surface area contributed by atoms with Crippen LogP contribution in [-0.4, -0.2) is 22.9 Å².